The highest BCUT2D eigenvalue weighted by molar-refractivity contribution is 5.87. The largest absolute Gasteiger partial charge is 0.464 e. The monoisotopic (exact) mass is 284 g/mol. The first-order chi connectivity index (χ1) is 10.2. The van der Waals surface area contributed by atoms with E-state index in [0.717, 1.165) is 18.7 Å². The Bertz CT molecular complexity index is 687. The standard InChI is InChI=1S/C15H16N4O2/c1-21-15(20)13-7-17-8-14(18-13)19-5-4-10-2-3-12(16)6-11(10)9-19/h2-3,6-8H,4-5,9,16H2,1H3. The number of hydrogen-bond donors (Lipinski definition) is 1. The Labute approximate surface area is 122 Å². The predicted molar refractivity (Wildman–Crippen MR) is 79.0 cm³/mol. The summed E-state index contributed by atoms with van der Waals surface area (Å²) in [5.41, 5.74) is 9.30. The van der Waals surface area contributed by atoms with Crippen LogP contribution < -0.4 is 10.6 Å². The second-order valence-electron chi connectivity index (χ2n) is 4.95. The summed E-state index contributed by atoms with van der Waals surface area (Å²) in [6.45, 7) is 1.54. The molecule has 0 atom stereocenters. The Kier molecular flexibility index (Phi) is 3.43. The van der Waals surface area contributed by atoms with Gasteiger partial charge in [0.15, 0.2) is 5.69 Å². The van der Waals surface area contributed by atoms with Crippen LogP contribution in [0.15, 0.2) is 30.6 Å². The Morgan fingerprint density at radius 1 is 1.33 bits per heavy atom. The Morgan fingerprint density at radius 3 is 3.00 bits per heavy atom. The molecule has 2 aromatic rings. The number of nitrogen functional groups attached to an aromatic ring is 1. The lowest BCUT2D eigenvalue weighted by Gasteiger charge is -2.29. The number of benzene rings is 1. The van der Waals surface area contributed by atoms with Crippen molar-refractivity contribution >= 4 is 17.5 Å². The SMILES string of the molecule is COC(=O)c1cncc(N2CCc3ccc(N)cc3C2)n1. The number of nitrogens with two attached hydrogens (primary N) is 1. The maximum absolute atomic E-state index is 11.5. The molecule has 3 rings (SSSR count). The van der Waals surface area contributed by atoms with Crippen molar-refractivity contribution in [1.29, 1.82) is 0 Å². The molecule has 0 bridgehead atoms. The molecule has 1 aromatic heterocycles. The van der Waals surface area contributed by atoms with Gasteiger partial charge in [-0.05, 0) is 29.7 Å². The van der Waals surface area contributed by atoms with Crippen LogP contribution in [0, 0.1) is 0 Å². The van der Waals surface area contributed by atoms with Crippen molar-refractivity contribution in [3.05, 3.63) is 47.4 Å². The average Bonchev–Trinajstić information content (AvgIpc) is 2.53. The number of methoxy groups -OCH3 is 1. The summed E-state index contributed by atoms with van der Waals surface area (Å²) in [6.07, 6.45) is 3.98. The molecule has 0 fully saturated rings. The summed E-state index contributed by atoms with van der Waals surface area (Å²) in [7, 11) is 1.33. The van der Waals surface area contributed by atoms with E-state index in [-0.39, 0.29) is 5.69 Å². The summed E-state index contributed by atoms with van der Waals surface area (Å²) in [5.74, 6) is 0.192. The zero-order valence-corrected chi connectivity index (χ0v) is 11.7. The van der Waals surface area contributed by atoms with Gasteiger partial charge in [0.1, 0.15) is 5.82 Å². The topological polar surface area (TPSA) is 81.3 Å². The number of carbonyl (C=O) groups is 1. The van der Waals surface area contributed by atoms with Crippen molar-refractivity contribution in [3.63, 3.8) is 0 Å². The lowest BCUT2D eigenvalue weighted by atomic mass is 9.99. The van der Waals surface area contributed by atoms with Gasteiger partial charge in [0, 0.05) is 18.8 Å². The Morgan fingerprint density at radius 2 is 2.19 bits per heavy atom. The molecule has 108 valence electrons. The van der Waals surface area contributed by atoms with Gasteiger partial charge in [-0.15, -0.1) is 0 Å². The quantitative estimate of drug-likeness (QED) is 0.663. The van der Waals surface area contributed by atoms with Crippen LogP contribution in [0.1, 0.15) is 21.6 Å². The summed E-state index contributed by atoms with van der Waals surface area (Å²) in [6, 6.07) is 5.98. The van der Waals surface area contributed by atoms with Gasteiger partial charge in [0.05, 0.1) is 19.5 Å². The fraction of sp³-hybridized carbons (Fsp3) is 0.267. The van der Waals surface area contributed by atoms with E-state index in [9.17, 15) is 4.79 Å². The number of fused-ring (bicyclic) bond motifs is 1. The molecule has 0 aliphatic carbocycles. The molecule has 21 heavy (non-hydrogen) atoms. The molecule has 0 unspecified atom stereocenters. The van der Waals surface area contributed by atoms with Crippen LogP contribution in [0.2, 0.25) is 0 Å². The summed E-state index contributed by atoms with van der Waals surface area (Å²) in [5, 5.41) is 0. The molecule has 1 aliphatic heterocycles. The minimum Gasteiger partial charge on any atom is -0.464 e. The van der Waals surface area contributed by atoms with Crippen LogP contribution in [-0.2, 0) is 17.7 Å². The highest BCUT2D eigenvalue weighted by atomic mass is 16.5. The van der Waals surface area contributed by atoms with Crippen LogP contribution in [0.4, 0.5) is 11.5 Å². The normalized spacial score (nSPS) is 13.7. The first-order valence-corrected chi connectivity index (χ1v) is 6.70. The van der Waals surface area contributed by atoms with Gasteiger partial charge in [-0.25, -0.2) is 9.78 Å². The van der Waals surface area contributed by atoms with Gasteiger partial charge in [-0.3, -0.25) is 4.98 Å². The lowest BCUT2D eigenvalue weighted by Crippen LogP contribution is -2.31. The van der Waals surface area contributed by atoms with Gasteiger partial charge in [0.2, 0.25) is 0 Å². The minimum absolute atomic E-state index is 0.216. The smallest absolute Gasteiger partial charge is 0.358 e. The Hall–Kier alpha value is -2.63. The number of nitrogens with zero attached hydrogens (tertiary/aromatic N) is 3. The molecule has 6 heteroatoms. The highest BCUT2D eigenvalue weighted by Gasteiger charge is 2.19. The van der Waals surface area contributed by atoms with E-state index in [4.69, 9.17) is 5.73 Å². The molecule has 0 spiro atoms. The molecule has 2 heterocycles. The van der Waals surface area contributed by atoms with E-state index in [1.165, 1.54) is 24.4 Å². The maximum atomic E-state index is 11.5. The lowest BCUT2D eigenvalue weighted by molar-refractivity contribution is 0.0593. The minimum atomic E-state index is -0.481. The van der Waals surface area contributed by atoms with E-state index in [1.54, 1.807) is 6.20 Å². The molecule has 0 saturated heterocycles. The van der Waals surface area contributed by atoms with Crippen molar-refractivity contribution in [2.45, 2.75) is 13.0 Å². The molecular formula is C15H16N4O2. The third kappa shape index (κ3) is 2.65. The first kappa shape index (κ1) is 13.4. The number of rotatable bonds is 2. The van der Waals surface area contributed by atoms with E-state index in [1.807, 2.05) is 12.1 Å². The highest BCUT2D eigenvalue weighted by Crippen LogP contribution is 2.24. The average molecular weight is 284 g/mol. The first-order valence-electron chi connectivity index (χ1n) is 6.70. The fourth-order valence-electron chi connectivity index (χ4n) is 2.48. The maximum Gasteiger partial charge on any atom is 0.358 e. The molecule has 2 N–H and O–H groups in total. The number of hydrogen-bond acceptors (Lipinski definition) is 6. The number of anilines is 2. The van der Waals surface area contributed by atoms with E-state index in [0.29, 0.717) is 12.4 Å². The number of ether oxygens (including phenoxy) is 1. The second kappa shape index (κ2) is 5.40. The summed E-state index contributed by atoms with van der Waals surface area (Å²) >= 11 is 0. The summed E-state index contributed by atoms with van der Waals surface area (Å²) < 4.78 is 4.67. The van der Waals surface area contributed by atoms with Crippen LogP contribution >= 0.6 is 0 Å². The molecule has 0 radical (unpaired) electrons. The van der Waals surface area contributed by atoms with Gasteiger partial charge in [-0.1, -0.05) is 6.07 Å². The number of carbonyl (C=O) groups excluding carboxylic acids is 1. The summed E-state index contributed by atoms with van der Waals surface area (Å²) in [4.78, 5) is 22.0. The van der Waals surface area contributed by atoms with E-state index >= 15 is 0 Å². The second-order valence-corrected chi connectivity index (χ2v) is 4.95. The predicted octanol–water partition coefficient (Wildman–Crippen LogP) is 1.41. The van der Waals surface area contributed by atoms with E-state index in [2.05, 4.69) is 25.7 Å². The van der Waals surface area contributed by atoms with Crippen LogP contribution in [0.25, 0.3) is 0 Å². The zero-order valence-electron chi connectivity index (χ0n) is 11.7. The molecule has 0 amide bonds. The van der Waals surface area contributed by atoms with Gasteiger partial charge in [0.25, 0.3) is 0 Å². The van der Waals surface area contributed by atoms with Crippen molar-refractivity contribution in [2.24, 2.45) is 0 Å². The molecule has 1 aliphatic rings. The third-order valence-electron chi connectivity index (χ3n) is 3.58. The van der Waals surface area contributed by atoms with Gasteiger partial charge in [-0.2, -0.15) is 0 Å². The van der Waals surface area contributed by atoms with Crippen molar-refractivity contribution in [3.8, 4) is 0 Å². The Balaban J connectivity index is 1.87. The molecular weight excluding hydrogens is 268 g/mol. The number of aromatic nitrogens is 2. The number of esters is 1. The van der Waals surface area contributed by atoms with Crippen molar-refractivity contribution in [1.82, 2.24) is 9.97 Å². The van der Waals surface area contributed by atoms with Crippen LogP contribution in [0.5, 0.6) is 0 Å². The van der Waals surface area contributed by atoms with Crippen LogP contribution in [0.3, 0.4) is 0 Å². The third-order valence-corrected chi connectivity index (χ3v) is 3.58. The van der Waals surface area contributed by atoms with Crippen molar-refractivity contribution in [2.75, 3.05) is 24.3 Å². The van der Waals surface area contributed by atoms with Crippen molar-refractivity contribution < 1.29 is 9.53 Å². The van der Waals surface area contributed by atoms with Gasteiger partial charge >= 0.3 is 5.97 Å². The van der Waals surface area contributed by atoms with Gasteiger partial charge < -0.3 is 15.4 Å². The molecule has 6 nitrogen and oxygen atoms in total. The fourth-order valence-corrected chi connectivity index (χ4v) is 2.48. The zero-order chi connectivity index (χ0) is 14.8. The molecule has 1 aromatic carbocycles. The van der Waals surface area contributed by atoms with E-state index < -0.39 is 5.97 Å². The van der Waals surface area contributed by atoms with Crippen LogP contribution in [-0.4, -0.2) is 29.6 Å². The molecule has 0 saturated carbocycles.